The minimum Gasteiger partial charge on any atom is -0.313 e. The van der Waals surface area contributed by atoms with E-state index in [2.05, 4.69) is 36.4 Å². The van der Waals surface area contributed by atoms with Crippen molar-refractivity contribution in [2.75, 3.05) is 11.9 Å². The monoisotopic (exact) mass is 267 g/mol. The summed E-state index contributed by atoms with van der Waals surface area (Å²) in [6, 6.07) is 0.658. The molecule has 18 heavy (non-hydrogen) atoms. The van der Waals surface area contributed by atoms with E-state index in [1.165, 1.54) is 24.2 Å². The molecule has 2 rings (SSSR count). The number of hydrogen-bond acceptors (Lipinski definition) is 4. The van der Waals surface area contributed by atoms with Crippen molar-refractivity contribution in [3.63, 3.8) is 0 Å². The van der Waals surface area contributed by atoms with Gasteiger partial charge < -0.3 is 10.6 Å². The van der Waals surface area contributed by atoms with Gasteiger partial charge in [-0.3, -0.25) is 4.79 Å². The van der Waals surface area contributed by atoms with Crippen molar-refractivity contribution < 1.29 is 4.79 Å². The molecule has 0 aliphatic heterocycles. The Balaban J connectivity index is 1.77. The average molecular weight is 267 g/mol. The van der Waals surface area contributed by atoms with Gasteiger partial charge in [0.05, 0.1) is 5.69 Å². The predicted molar refractivity (Wildman–Crippen MR) is 75.1 cm³/mol. The lowest BCUT2D eigenvalue weighted by molar-refractivity contribution is -0.116. The van der Waals surface area contributed by atoms with Crippen LogP contribution in [-0.2, 0) is 10.2 Å². The number of rotatable bonds is 5. The lowest BCUT2D eigenvalue weighted by Gasteiger charge is -2.14. The van der Waals surface area contributed by atoms with Gasteiger partial charge in [0, 0.05) is 29.8 Å². The van der Waals surface area contributed by atoms with Crippen LogP contribution in [0.5, 0.6) is 0 Å². The second kappa shape index (κ2) is 5.36. The molecule has 1 aliphatic carbocycles. The predicted octanol–water partition coefficient (Wildman–Crippen LogP) is 2.52. The number of nitrogens with zero attached hydrogens (tertiary/aromatic N) is 1. The van der Waals surface area contributed by atoms with E-state index < -0.39 is 0 Å². The van der Waals surface area contributed by atoms with Crippen molar-refractivity contribution in [3.8, 4) is 0 Å². The van der Waals surface area contributed by atoms with Gasteiger partial charge in [0.2, 0.25) is 5.91 Å². The van der Waals surface area contributed by atoms with E-state index in [-0.39, 0.29) is 11.3 Å². The molecule has 1 saturated carbocycles. The van der Waals surface area contributed by atoms with E-state index in [1.807, 2.05) is 5.38 Å². The Hall–Kier alpha value is -0.940. The molecule has 1 amide bonds. The van der Waals surface area contributed by atoms with Crippen LogP contribution in [0, 0.1) is 0 Å². The van der Waals surface area contributed by atoms with Gasteiger partial charge in [0.1, 0.15) is 0 Å². The summed E-state index contributed by atoms with van der Waals surface area (Å²) in [5.74, 6) is 0.0398. The third-order valence-corrected chi connectivity index (χ3v) is 3.64. The fourth-order valence-corrected chi connectivity index (χ4v) is 2.49. The highest BCUT2D eigenvalue weighted by molar-refractivity contribution is 7.13. The zero-order valence-electron chi connectivity index (χ0n) is 11.2. The molecule has 2 N–H and O–H groups in total. The highest BCUT2D eigenvalue weighted by Crippen LogP contribution is 2.26. The minimum atomic E-state index is 0.0347. The largest absolute Gasteiger partial charge is 0.313 e. The van der Waals surface area contributed by atoms with Crippen LogP contribution in [0.1, 0.15) is 45.7 Å². The summed E-state index contributed by atoms with van der Waals surface area (Å²) in [5.41, 5.74) is 1.06. The molecule has 0 bridgehead atoms. The maximum absolute atomic E-state index is 11.7. The number of carbonyl (C=O) groups is 1. The van der Waals surface area contributed by atoms with Gasteiger partial charge in [-0.15, -0.1) is 11.3 Å². The molecule has 1 heterocycles. The molecule has 1 aromatic heterocycles. The van der Waals surface area contributed by atoms with Crippen molar-refractivity contribution in [1.82, 2.24) is 10.3 Å². The lowest BCUT2D eigenvalue weighted by Crippen LogP contribution is -2.23. The van der Waals surface area contributed by atoms with Crippen molar-refractivity contribution in [2.24, 2.45) is 0 Å². The fourth-order valence-electron chi connectivity index (χ4n) is 1.53. The number of hydrogen-bond donors (Lipinski definition) is 2. The number of amides is 1. The summed E-state index contributed by atoms with van der Waals surface area (Å²) in [6.07, 6.45) is 3.02. The number of carbonyl (C=O) groups excluding carboxylic acids is 1. The van der Waals surface area contributed by atoms with Gasteiger partial charge in [0.15, 0.2) is 5.13 Å². The Morgan fingerprint density at radius 2 is 2.22 bits per heavy atom. The molecule has 0 spiro atoms. The summed E-state index contributed by atoms with van der Waals surface area (Å²) in [4.78, 5) is 16.1. The zero-order chi connectivity index (χ0) is 13.2. The Kier molecular flexibility index (Phi) is 4.02. The Morgan fingerprint density at radius 3 is 2.78 bits per heavy atom. The van der Waals surface area contributed by atoms with E-state index in [1.54, 1.807) is 0 Å². The smallest absolute Gasteiger partial charge is 0.227 e. The maximum atomic E-state index is 11.7. The number of aromatic nitrogens is 1. The third-order valence-electron chi connectivity index (χ3n) is 2.88. The Labute approximate surface area is 112 Å². The van der Waals surface area contributed by atoms with Crippen LogP contribution >= 0.6 is 11.3 Å². The van der Waals surface area contributed by atoms with E-state index in [0.29, 0.717) is 17.6 Å². The quantitative estimate of drug-likeness (QED) is 0.862. The maximum Gasteiger partial charge on any atom is 0.227 e. The van der Waals surface area contributed by atoms with Crippen LogP contribution in [0.3, 0.4) is 0 Å². The van der Waals surface area contributed by atoms with Crippen LogP contribution in [0.15, 0.2) is 5.38 Å². The molecule has 4 nitrogen and oxygen atoms in total. The van der Waals surface area contributed by atoms with Gasteiger partial charge in [-0.2, -0.15) is 0 Å². The SMILES string of the molecule is CC(C)(C)c1csc(NC(=O)CCNC2CC2)n1. The fraction of sp³-hybridized carbons (Fsp3) is 0.692. The van der Waals surface area contributed by atoms with Crippen molar-refractivity contribution in [2.45, 2.75) is 51.5 Å². The lowest BCUT2D eigenvalue weighted by atomic mass is 9.93. The molecule has 0 unspecified atom stereocenters. The Bertz CT molecular complexity index is 418. The van der Waals surface area contributed by atoms with Crippen LogP contribution < -0.4 is 10.6 Å². The van der Waals surface area contributed by atoms with E-state index in [4.69, 9.17) is 0 Å². The summed E-state index contributed by atoms with van der Waals surface area (Å²) in [7, 11) is 0. The van der Waals surface area contributed by atoms with E-state index in [9.17, 15) is 4.79 Å². The molecule has 0 atom stereocenters. The standard InChI is InChI=1S/C13H21N3OS/c1-13(2,3)10-8-18-12(15-10)16-11(17)6-7-14-9-4-5-9/h8-9,14H,4-7H2,1-3H3,(H,15,16,17). The summed E-state index contributed by atoms with van der Waals surface area (Å²) < 4.78 is 0. The van der Waals surface area contributed by atoms with Crippen LogP contribution in [-0.4, -0.2) is 23.5 Å². The molecule has 5 heteroatoms. The van der Waals surface area contributed by atoms with Gasteiger partial charge >= 0.3 is 0 Å². The molecule has 1 fully saturated rings. The highest BCUT2D eigenvalue weighted by Gasteiger charge is 2.20. The first-order chi connectivity index (χ1) is 8.45. The molecule has 1 aliphatic rings. The zero-order valence-corrected chi connectivity index (χ0v) is 12.1. The molecule has 1 aromatic rings. The van der Waals surface area contributed by atoms with Crippen LogP contribution in [0.25, 0.3) is 0 Å². The first-order valence-electron chi connectivity index (χ1n) is 6.44. The third kappa shape index (κ3) is 4.07. The first kappa shape index (κ1) is 13.5. The normalized spacial score (nSPS) is 15.7. The molecule has 0 aromatic carbocycles. The molecular formula is C13H21N3OS. The van der Waals surface area contributed by atoms with Crippen molar-refractivity contribution >= 4 is 22.4 Å². The number of thiazole rings is 1. The van der Waals surface area contributed by atoms with Crippen LogP contribution in [0.2, 0.25) is 0 Å². The summed E-state index contributed by atoms with van der Waals surface area (Å²) in [6.45, 7) is 7.11. The van der Waals surface area contributed by atoms with Crippen molar-refractivity contribution in [3.05, 3.63) is 11.1 Å². The molecule has 100 valence electrons. The van der Waals surface area contributed by atoms with Gasteiger partial charge in [0.25, 0.3) is 0 Å². The second-order valence-corrected chi connectivity index (χ2v) is 6.67. The summed E-state index contributed by atoms with van der Waals surface area (Å²) in [5, 5.41) is 8.90. The second-order valence-electron chi connectivity index (χ2n) is 5.81. The minimum absolute atomic E-state index is 0.0347. The highest BCUT2D eigenvalue weighted by atomic mass is 32.1. The number of anilines is 1. The molecular weight excluding hydrogens is 246 g/mol. The van der Waals surface area contributed by atoms with Crippen molar-refractivity contribution in [1.29, 1.82) is 0 Å². The average Bonchev–Trinajstić information content (AvgIpc) is 2.94. The van der Waals surface area contributed by atoms with Gasteiger partial charge in [-0.05, 0) is 12.8 Å². The topological polar surface area (TPSA) is 54.0 Å². The number of nitrogens with one attached hydrogen (secondary N) is 2. The molecule has 0 saturated heterocycles. The Morgan fingerprint density at radius 1 is 1.50 bits per heavy atom. The van der Waals surface area contributed by atoms with E-state index >= 15 is 0 Å². The molecule has 0 radical (unpaired) electrons. The van der Waals surface area contributed by atoms with E-state index in [0.717, 1.165) is 12.2 Å². The first-order valence-corrected chi connectivity index (χ1v) is 7.32. The van der Waals surface area contributed by atoms with Gasteiger partial charge in [-0.1, -0.05) is 20.8 Å². The van der Waals surface area contributed by atoms with Crippen LogP contribution in [0.4, 0.5) is 5.13 Å². The van der Waals surface area contributed by atoms with Gasteiger partial charge in [-0.25, -0.2) is 4.98 Å². The summed E-state index contributed by atoms with van der Waals surface area (Å²) >= 11 is 1.49.